The van der Waals surface area contributed by atoms with Crippen molar-refractivity contribution in [1.29, 1.82) is 0 Å². The molecule has 0 radical (unpaired) electrons. The Kier molecular flexibility index (Phi) is 7.49. The van der Waals surface area contributed by atoms with Crippen molar-refractivity contribution in [2.45, 2.75) is 19.9 Å². The highest BCUT2D eigenvalue weighted by Gasteiger charge is 2.14. The van der Waals surface area contributed by atoms with Crippen LogP contribution < -0.4 is 24.8 Å². The van der Waals surface area contributed by atoms with Crippen LogP contribution in [0.25, 0.3) is 0 Å². The van der Waals surface area contributed by atoms with Crippen LogP contribution >= 0.6 is 0 Å². The maximum atomic E-state index is 11.0. The fraction of sp³-hybridized carbons (Fsp3) is 0.389. The van der Waals surface area contributed by atoms with E-state index < -0.39 is 4.92 Å². The molecular formula is C18H25N5O5. The van der Waals surface area contributed by atoms with Gasteiger partial charge in [0.2, 0.25) is 5.75 Å². The van der Waals surface area contributed by atoms with Gasteiger partial charge in [-0.1, -0.05) is 0 Å². The highest BCUT2D eigenvalue weighted by atomic mass is 16.6. The van der Waals surface area contributed by atoms with Crippen molar-refractivity contribution in [3.63, 3.8) is 0 Å². The summed E-state index contributed by atoms with van der Waals surface area (Å²) >= 11 is 0. The maximum Gasteiger partial charge on any atom is 0.274 e. The number of hydrogen-bond acceptors (Lipinski definition) is 8. The number of nitrogens with one attached hydrogen (secondary N) is 2. The number of nitro groups is 1. The van der Waals surface area contributed by atoms with Gasteiger partial charge in [-0.2, -0.15) is 0 Å². The summed E-state index contributed by atoms with van der Waals surface area (Å²) in [6.07, 6.45) is 5.20. The Morgan fingerprint density at radius 2 is 1.93 bits per heavy atom. The van der Waals surface area contributed by atoms with E-state index >= 15 is 0 Å². The van der Waals surface area contributed by atoms with Crippen LogP contribution in [-0.4, -0.2) is 42.3 Å². The monoisotopic (exact) mass is 391 g/mol. The summed E-state index contributed by atoms with van der Waals surface area (Å²) in [5.74, 6) is 1.58. The lowest BCUT2D eigenvalue weighted by atomic mass is 10.2. The van der Waals surface area contributed by atoms with Crippen LogP contribution in [0.2, 0.25) is 0 Å². The third kappa shape index (κ3) is 5.53. The molecule has 2 N–H and O–H groups in total. The number of anilines is 1. The van der Waals surface area contributed by atoms with Crippen LogP contribution in [0, 0.1) is 17.0 Å². The van der Waals surface area contributed by atoms with E-state index in [4.69, 9.17) is 14.2 Å². The molecule has 10 heteroatoms. The quantitative estimate of drug-likeness (QED) is 0.341. The summed E-state index contributed by atoms with van der Waals surface area (Å²) in [5.41, 5.74) is 1.62. The van der Waals surface area contributed by atoms with Crippen LogP contribution in [0.3, 0.4) is 0 Å². The molecule has 0 aliphatic carbocycles. The smallest absolute Gasteiger partial charge is 0.274 e. The largest absolute Gasteiger partial charge is 0.493 e. The standard InChI is InChI=1S/C18H25N5O5/c1-13-10-19-12-22(13)7-5-6-20-17(11-23(24)25)21-14-8-15(26-2)18(28-4)16(9-14)27-3/h8-12,20-21H,5-7H2,1-4H3. The number of aryl methyl sites for hydroxylation is 2. The van der Waals surface area contributed by atoms with Crippen LogP contribution in [0.1, 0.15) is 12.1 Å². The first-order chi connectivity index (χ1) is 13.5. The molecule has 0 aliphatic heterocycles. The zero-order valence-corrected chi connectivity index (χ0v) is 16.4. The van der Waals surface area contributed by atoms with Gasteiger partial charge < -0.3 is 29.4 Å². The van der Waals surface area contributed by atoms with Crippen molar-refractivity contribution >= 4 is 5.69 Å². The molecule has 1 aromatic carbocycles. The molecule has 0 saturated heterocycles. The van der Waals surface area contributed by atoms with Gasteiger partial charge in [0.05, 0.1) is 32.6 Å². The molecular weight excluding hydrogens is 366 g/mol. The molecule has 1 aromatic heterocycles. The van der Waals surface area contributed by atoms with E-state index in [2.05, 4.69) is 15.6 Å². The Bertz CT molecular complexity index is 809. The van der Waals surface area contributed by atoms with E-state index in [-0.39, 0.29) is 5.82 Å². The fourth-order valence-corrected chi connectivity index (χ4v) is 2.63. The lowest BCUT2D eigenvalue weighted by Gasteiger charge is -2.16. The molecule has 0 unspecified atom stereocenters. The summed E-state index contributed by atoms with van der Waals surface area (Å²) in [6.45, 7) is 3.27. The van der Waals surface area contributed by atoms with Crippen molar-refractivity contribution < 1.29 is 19.1 Å². The van der Waals surface area contributed by atoms with E-state index in [0.29, 0.717) is 29.5 Å². The SMILES string of the molecule is COc1cc(NC(=C[N+](=O)[O-])NCCCn2cncc2C)cc(OC)c1OC. The summed E-state index contributed by atoms with van der Waals surface area (Å²) < 4.78 is 17.9. The average Bonchev–Trinajstić information content (AvgIpc) is 3.08. The lowest BCUT2D eigenvalue weighted by Crippen LogP contribution is -2.23. The molecule has 0 amide bonds. The number of aromatic nitrogens is 2. The number of benzene rings is 1. The second-order valence-electron chi connectivity index (χ2n) is 5.88. The van der Waals surface area contributed by atoms with Crippen molar-refractivity contribution in [3.05, 3.63) is 52.5 Å². The van der Waals surface area contributed by atoms with Gasteiger partial charge in [-0.25, -0.2) is 4.98 Å². The molecule has 152 valence electrons. The number of methoxy groups -OCH3 is 3. The number of imidazole rings is 1. The average molecular weight is 391 g/mol. The highest BCUT2D eigenvalue weighted by Crippen LogP contribution is 2.40. The molecule has 0 fully saturated rings. The topological polar surface area (TPSA) is 113 Å². The normalized spacial score (nSPS) is 11.1. The Balaban J connectivity index is 2.07. The van der Waals surface area contributed by atoms with Crippen LogP contribution in [-0.2, 0) is 6.54 Å². The zero-order chi connectivity index (χ0) is 20.5. The van der Waals surface area contributed by atoms with Gasteiger partial charge in [-0.05, 0) is 13.3 Å². The van der Waals surface area contributed by atoms with Gasteiger partial charge in [0, 0.05) is 42.8 Å². The van der Waals surface area contributed by atoms with Gasteiger partial charge in [0.25, 0.3) is 6.20 Å². The molecule has 1 heterocycles. The third-order valence-corrected chi connectivity index (χ3v) is 3.99. The van der Waals surface area contributed by atoms with E-state index in [1.54, 1.807) is 24.7 Å². The Morgan fingerprint density at radius 1 is 1.25 bits per heavy atom. The zero-order valence-electron chi connectivity index (χ0n) is 16.4. The minimum absolute atomic E-state index is 0.252. The third-order valence-electron chi connectivity index (χ3n) is 3.99. The molecule has 0 atom stereocenters. The summed E-state index contributed by atoms with van der Waals surface area (Å²) in [6, 6.07) is 3.34. The first-order valence-electron chi connectivity index (χ1n) is 8.61. The molecule has 0 aliphatic rings. The van der Waals surface area contributed by atoms with Crippen molar-refractivity contribution in [2.75, 3.05) is 33.2 Å². The van der Waals surface area contributed by atoms with Crippen molar-refractivity contribution in [2.24, 2.45) is 0 Å². The lowest BCUT2D eigenvalue weighted by molar-refractivity contribution is -0.403. The molecule has 28 heavy (non-hydrogen) atoms. The number of ether oxygens (including phenoxy) is 3. The van der Waals surface area contributed by atoms with Crippen LogP contribution in [0.5, 0.6) is 17.2 Å². The van der Waals surface area contributed by atoms with Gasteiger partial charge in [-0.3, -0.25) is 10.1 Å². The fourth-order valence-electron chi connectivity index (χ4n) is 2.63. The van der Waals surface area contributed by atoms with Gasteiger partial charge in [0.15, 0.2) is 17.3 Å². The Hall–Kier alpha value is -3.43. The van der Waals surface area contributed by atoms with E-state index in [1.165, 1.54) is 21.3 Å². The minimum Gasteiger partial charge on any atom is -0.493 e. The summed E-state index contributed by atoms with van der Waals surface area (Å²) in [5, 5.41) is 17.0. The number of nitrogens with zero attached hydrogens (tertiary/aromatic N) is 3. The predicted molar refractivity (Wildman–Crippen MR) is 104 cm³/mol. The molecule has 0 spiro atoms. The van der Waals surface area contributed by atoms with Gasteiger partial charge in [0.1, 0.15) is 0 Å². The molecule has 10 nitrogen and oxygen atoms in total. The van der Waals surface area contributed by atoms with Gasteiger partial charge >= 0.3 is 0 Å². The first kappa shape index (κ1) is 20.9. The van der Waals surface area contributed by atoms with Crippen molar-refractivity contribution in [3.8, 4) is 17.2 Å². The second-order valence-corrected chi connectivity index (χ2v) is 5.88. The first-order valence-corrected chi connectivity index (χ1v) is 8.61. The van der Waals surface area contributed by atoms with Gasteiger partial charge in [-0.15, -0.1) is 0 Å². The van der Waals surface area contributed by atoms with E-state index in [1.807, 2.05) is 11.5 Å². The van der Waals surface area contributed by atoms with E-state index in [9.17, 15) is 10.1 Å². The van der Waals surface area contributed by atoms with Crippen molar-refractivity contribution in [1.82, 2.24) is 14.9 Å². The Morgan fingerprint density at radius 3 is 2.43 bits per heavy atom. The second kappa shape index (κ2) is 10.0. The summed E-state index contributed by atoms with van der Waals surface area (Å²) in [7, 11) is 4.52. The molecule has 0 bridgehead atoms. The number of rotatable bonds is 11. The Labute approximate surface area is 163 Å². The highest BCUT2D eigenvalue weighted by molar-refractivity contribution is 5.63. The number of hydrogen-bond donors (Lipinski definition) is 2. The van der Waals surface area contributed by atoms with Crippen LogP contribution in [0.15, 0.2) is 36.7 Å². The van der Waals surface area contributed by atoms with Crippen LogP contribution in [0.4, 0.5) is 5.69 Å². The summed E-state index contributed by atoms with van der Waals surface area (Å²) in [4.78, 5) is 14.5. The van der Waals surface area contributed by atoms with E-state index in [0.717, 1.165) is 24.9 Å². The predicted octanol–water partition coefficient (Wildman–Crippen LogP) is 2.38. The molecule has 2 aromatic rings. The minimum atomic E-state index is -0.521. The molecule has 2 rings (SSSR count). The molecule has 0 saturated carbocycles. The maximum absolute atomic E-state index is 11.0.